The van der Waals surface area contributed by atoms with Crippen molar-refractivity contribution in [3.8, 4) is 5.75 Å². The number of carbonyl (C=O) groups is 1. The van der Waals surface area contributed by atoms with Gasteiger partial charge in [0.2, 0.25) is 5.91 Å². The van der Waals surface area contributed by atoms with Crippen molar-refractivity contribution in [2.24, 2.45) is 5.73 Å². The van der Waals surface area contributed by atoms with Gasteiger partial charge in [0.15, 0.2) is 0 Å². The van der Waals surface area contributed by atoms with Gasteiger partial charge in [-0.05, 0) is 18.6 Å². The third-order valence-electron chi connectivity index (χ3n) is 2.40. The molecule has 0 atom stereocenters. The quantitative estimate of drug-likeness (QED) is 0.727. The Kier molecular flexibility index (Phi) is 2.04. The molecule has 1 aliphatic rings. The number of amides is 1. The maximum Gasteiger partial charge on any atom is 0.248 e. The van der Waals surface area contributed by atoms with E-state index in [4.69, 9.17) is 10.5 Å². The van der Waals surface area contributed by atoms with Crippen molar-refractivity contribution in [3.63, 3.8) is 0 Å². The van der Waals surface area contributed by atoms with Crippen LogP contribution in [0.5, 0.6) is 5.75 Å². The topological polar surface area (TPSA) is 64.3 Å². The molecule has 3 N–H and O–H groups in total. The lowest BCUT2D eigenvalue weighted by Gasteiger charge is -2.08. The number of hydrogen-bond donors (Lipinski definition) is 2. The summed E-state index contributed by atoms with van der Waals surface area (Å²) >= 11 is 0. The molecule has 0 saturated carbocycles. The van der Waals surface area contributed by atoms with Gasteiger partial charge in [-0.3, -0.25) is 4.79 Å². The minimum Gasteiger partial charge on any atom is -0.496 e. The normalized spacial score (nSPS) is 13.2. The van der Waals surface area contributed by atoms with Gasteiger partial charge in [-0.1, -0.05) is 0 Å². The molecule has 2 rings (SSSR count). The molecule has 1 aromatic carbocycles. The van der Waals surface area contributed by atoms with E-state index < -0.39 is 5.91 Å². The number of nitrogens with one attached hydrogen (secondary N) is 1. The molecule has 0 radical (unpaired) electrons. The number of ether oxygens (including phenoxy) is 1. The average molecular weight is 192 g/mol. The molecule has 74 valence electrons. The molecule has 4 nitrogen and oxygen atoms in total. The molecule has 0 aliphatic carbocycles. The van der Waals surface area contributed by atoms with Crippen molar-refractivity contribution < 1.29 is 9.53 Å². The van der Waals surface area contributed by atoms with Crippen LogP contribution in [0.3, 0.4) is 0 Å². The van der Waals surface area contributed by atoms with Crippen LogP contribution in [-0.4, -0.2) is 19.6 Å². The fourth-order valence-electron chi connectivity index (χ4n) is 1.71. The van der Waals surface area contributed by atoms with Crippen LogP contribution in [0.15, 0.2) is 12.1 Å². The monoisotopic (exact) mass is 192 g/mol. The fourth-order valence-corrected chi connectivity index (χ4v) is 1.71. The minimum atomic E-state index is -0.431. The number of fused-ring (bicyclic) bond motifs is 1. The highest BCUT2D eigenvalue weighted by molar-refractivity contribution is 5.95. The van der Waals surface area contributed by atoms with Crippen LogP contribution < -0.4 is 15.8 Å². The van der Waals surface area contributed by atoms with Crippen LogP contribution in [0, 0.1) is 0 Å². The molecule has 1 heterocycles. The van der Waals surface area contributed by atoms with Gasteiger partial charge in [0, 0.05) is 23.4 Å². The Morgan fingerprint density at radius 2 is 2.36 bits per heavy atom. The van der Waals surface area contributed by atoms with E-state index in [1.807, 2.05) is 0 Å². The molecule has 4 heteroatoms. The van der Waals surface area contributed by atoms with Gasteiger partial charge < -0.3 is 15.8 Å². The van der Waals surface area contributed by atoms with Crippen LogP contribution in [0.25, 0.3) is 0 Å². The molecule has 0 fully saturated rings. The smallest absolute Gasteiger partial charge is 0.248 e. The van der Waals surface area contributed by atoms with Crippen LogP contribution >= 0.6 is 0 Å². The van der Waals surface area contributed by atoms with E-state index >= 15 is 0 Å². The van der Waals surface area contributed by atoms with Crippen molar-refractivity contribution in [2.45, 2.75) is 6.42 Å². The first-order valence-electron chi connectivity index (χ1n) is 4.47. The summed E-state index contributed by atoms with van der Waals surface area (Å²) in [4.78, 5) is 11.0. The summed E-state index contributed by atoms with van der Waals surface area (Å²) in [5.74, 6) is 0.307. The summed E-state index contributed by atoms with van der Waals surface area (Å²) < 4.78 is 5.20. The van der Waals surface area contributed by atoms with Crippen molar-refractivity contribution in [2.75, 3.05) is 19.0 Å². The molecular weight excluding hydrogens is 180 g/mol. The van der Waals surface area contributed by atoms with Crippen LogP contribution in [0.2, 0.25) is 0 Å². The van der Waals surface area contributed by atoms with Gasteiger partial charge in [0.05, 0.1) is 7.11 Å². The Labute approximate surface area is 82.1 Å². The highest BCUT2D eigenvalue weighted by atomic mass is 16.5. The number of anilines is 1. The predicted molar refractivity (Wildman–Crippen MR) is 53.7 cm³/mol. The SMILES string of the molecule is COc1cc(C(N)=O)cc2c1CCN2. The zero-order chi connectivity index (χ0) is 10.1. The molecule has 1 amide bonds. The van der Waals surface area contributed by atoms with Crippen molar-refractivity contribution in [1.82, 2.24) is 0 Å². The highest BCUT2D eigenvalue weighted by Gasteiger charge is 2.17. The van der Waals surface area contributed by atoms with Crippen LogP contribution in [0.1, 0.15) is 15.9 Å². The number of primary amides is 1. The second-order valence-electron chi connectivity index (χ2n) is 3.25. The maximum atomic E-state index is 11.0. The third-order valence-corrected chi connectivity index (χ3v) is 2.40. The summed E-state index contributed by atoms with van der Waals surface area (Å²) in [5.41, 5.74) is 7.77. The van der Waals surface area contributed by atoms with Crippen molar-refractivity contribution >= 4 is 11.6 Å². The van der Waals surface area contributed by atoms with Gasteiger partial charge in [-0.25, -0.2) is 0 Å². The first-order chi connectivity index (χ1) is 6.72. The van der Waals surface area contributed by atoms with E-state index in [1.54, 1.807) is 19.2 Å². The molecule has 1 aromatic rings. The molecule has 0 unspecified atom stereocenters. The number of methoxy groups -OCH3 is 1. The second-order valence-corrected chi connectivity index (χ2v) is 3.25. The van der Waals surface area contributed by atoms with Crippen molar-refractivity contribution in [3.05, 3.63) is 23.3 Å². The third kappa shape index (κ3) is 1.28. The maximum absolute atomic E-state index is 11.0. The van der Waals surface area contributed by atoms with Gasteiger partial charge in [0.25, 0.3) is 0 Å². The van der Waals surface area contributed by atoms with E-state index in [2.05, 4.69) is 5.32 Å². The van der Waals surface area contributed by atoms with E-state index in [0.29, 0.717) is 5.56 Å². The summed E-state index contributed by atoms with van der Waals surface area (Å²) in [7, 11) is 1.60. The Balaban J connectivity index is 2.54. The second kappa shape index (κ2) is 3.21. The molecular formula is C10H12N2O2. The van der Waals surface area contributed by atoms with E-state index in [9.17, 15) is 4.79 Å². The molecule has 1 aliphatic heterocycles. The number of nitrogens with two attached hydrogens (primary N) is 1. The number of carbonyl (C=O) groups excluding carboxylic acids is 1. The van der Waals surface area contributed by atoms with E-state index in [0.717, 1.165) is 30.0 Å². The highest BCUT2D eigenvalue weighted by Crippen LogP contribution is 2.32. The number of benzene rings is 1. The lowest BCUT2D eigenvalue weighted by Crippen LogP contribution is -2.11. The Hall–Kier alpha value is -1.71. The lowest BCUT2D eigenvalue weighted by molar-refractivity contribution is 0.1000. The van der Waals surface area contributed by atoms with Gasteiger partial charge in [-0.2, -0.15) is 0 Å². The summed E-state index contributed by atoms with van der Waals surface area (Å²) in [6.07, 6.45) is 0.928. The van der Waals surface area contributed by atoms with Crippen molar-refractivity contribution in [1.29, 1.82) is 0 Å². The summed E-state index contributed by atoms with van der Waals surface area (Å²) in [5, 5.41) is 3.18. The largest absolute Gasteiger partial charge is 0.496 e. The van der Waals surface area contributed by atoms with Crippen LogP contribution in [-0.2, 0) is 6.42 Å². The van der Waals surface area contributed by atoms with E-state index in [1.165, 1.54) is 0 Å². The minimum absolute atomic E-state index is 0.431. The van der Waals surface area contributed by atoms with Gasteiger partial charge in [-0.15, -0.1) is 0 Å². The molecule has 0 bridgehead atoms. The molecule has 0 aromatic heterocycles. The number of rotatable bonds is 2. The van der Waals surface area contributed by atoms with E-state index in [-0.39, 0.29) is 0 Å². The van der Waals surface area contributed by atoms with Crippen LogP contribution in [0.4, 0.5) is 5.69 Å². The van der Waals surface area contributed by atoms with Gasteiger partial charge in [0.1, 0.15) is 5.75 Å². The fraction of sp³-hybridized carbons (Fsp3) is 0.300. The Bertz CT molecular complexity index is 388. The summed E-state index contributed by atoms with van der Waals surface area (Å²) in [6.45, 7) is 0.883. The zero-order valence-electron chi connectivity index (χ0n) is 7.96. The lowest BCUT2D eigenvalue weighted by atomic mass is 10.1. The molecule has 0 spiro atoms. The first-order valence-corrected chi connectivity index (χ1v) is 4.47. The molecule has 14 heavy (non-hydrogen) atoms. The standard InChI is InChI=1S/C10H12N2O2/c1-14-9-5-6(10(11)13)4-8-7(9)2-3-12-8/h4-5,12H,2-3H2,1H3,(H2,11,13). The summed E-state index contributed by atoms with van der Waals surface area (Å²) in [6, 6.07) is 3.46. The Morgan fingerprint density at radius 3 is 3.00 bits per heavy atom. The Morgan fingerprint density at radius 1 is 1.57 bits per heavy atom. The van der Waals surface area contributed by atoms with Gasteiger partial charge >= 0.3 is 0 Å². The first kappa shape index (κ1) is 8.87. The average Bonchev–Trinajstić information content (AvgIpc) is 2.63. The predicted octanol–water partition coefficient (Wildman–Crippen LogP) is 0.762. The zero-order valence-corrected chi connectivity index (χ0v) is 7.96. The molecule has 0 saturated heterocycles. The number of hydrogen-bond acceptors (Lipinski definition) is 3.